The first kappa shape index (κ1) is 14.8. The summed E-state index contributed by atoms with van der Waals surface area (Å²) in [5.41, 5.74) is 5.19. The van der Waals surface area contributed by atoms with Crippen molar-refractivity contribution in [3.8, 4) is 0 Å². The Morgan fingerprint density at radius 3 is 2.65 bits per heavy atom. The molecular formula is C15H23N3O2. The normalized spacial score (nSPS) is 18.6. The van der Waals surface area contributed by atoms with Gasteiger partial charge in [-0.1, -0.05) is 6.92 Å². The number of rotatable bonds is 4. The Hall–Kier alpha value is -1.62. The maximum absolute atomic E-state index is 12.1. The molecule has 1 aliphatic rings. The van der Waals surface area contributed by atoms with Crippen molar-refractivity contribution in [1.82, 2.24) is 10.3 Å². The van der Waals surface area contributed by atoms with Gasteiger partial charge in [-0.25, -0.2) is 4.79 Å². The summed E-state index contributed by atoms with van der Waals surface area (Å²) in [4.78, 5) is 18.4. The van der Waals surface area contributed by atoms with Crippen LogP contribution in [-0.4, -0.2) is 37.3 Å². The largest absolute Gasteiger partial charge is 0.443 e. The standard InChI is InChI=1S/C15H23N3O2/c1-6-13-9(2)10(3)14(11(4)17-13)18-8-12(7-16-5)20-15(18)19/h12,16H,6-8H2,1-5H3. The molecule has 1 saturated heterocycles. The van der Waals surface area contributed by atoms with E-state index in [4.69, 9.17) is 4.74 Å². The molecule has 1 N–H and O–H groups in total. The zero-order valence-corrected chi connectivity index (χ0v) is 12.9. The van der Waals surface area contributed by atoms with Gasteiger partial charge in [-0.15, -0.1) is 0 Å². The minimum absolute atomic E-state index is 0.0996. The molecule has 2 rings (SSSR count). The lowest BCUT2D eigenvalue weighted by molar-refractivity contribution is 0.141. The van der Waals surface area contributed by atoms with E-state index >= 15 is 0 Å². The van der Waals surface area contributed by atoms with E-state index < -0.39 is 0 Å². The molecule has 20 heavy (non-hydrogen) atoms. The smallest absolute Gasteiger partial charge is 0.414 e. The van der Waals surface area contributed by atoms with Gasteiger partial charge < -0.3 is 10.1 Å². The number of likely N-dealkylation sites (N-methyl/N-ethyl adjacent to an activating group) is 1. The predicted octanol–water partition coefficient (Wildman–Crippen LogP) is 2.11. The van der Waals surface area contributed by atoms with Crippen LogP contribution >= 0.6 is 0 Å². The number of ether oxygens (including phenoxy) is 1. The number of carbonyl (C=O) groups excluding carboxylic acids is 1. The number of aromatic nitrogens is 1. The van der Waals surface area contributed by atoms with Gasteiger partial charge >= 0.3 is 6.09 Å². The summed E-state index contributed by atoms with van der Waals surface area (Å²) < 4.78 is 5.37. The van der Waals surface area contributed by atoms with Crippen LogP contribution in [0.4, 0.5) is 10.5 Å². The van der Waals surface area contributed by atoms with E-state index in [1.54, 1.807) is 4.90 Å². The number of nitrogens with zero attached hydrogens (tertiary/aromatic N) is 2. The van der Waals surface area contributed by atoms with Crippen molar-refractivity contribution in [1.29, 1.82) is 0 Å². The Balaban J connectivity index is 2.38. The van der Waals surface area contributed by atoms with Crippen molar-refractivity contribution in [3.63, 3.8) is 0 Å². The monoisotopic (exact) mass is 277 g/mol. The van der Waals surface area contributed by atoms with E-state index in [2.05, 4.69) is 31.1 Å². The first-order valence-electron chi connectivity index (χ1n) is 7.09. The fourth-order valence-electron chi connectivity index (χ4n) is 2.78. The van der Waals surface area contributed by atoms with E-state index in [1.165, 1.54) is 0 Å². The molecule has 110 valence electrons. The predicted molar refractivity (Wildman–Crippen MR) is 79.4 cm³/mol. The SMILES string of the molecule is CCc1nc(C)c(N2CC(CNC)OC2=O)c(C)c1C. The van der Waals surface area contributed by atoms with Crippen LogP contribution in [0.1, 0.15) is 29.4 Å². The van der Waals surface area contributed by atoms with Gasteiger partial charge in [0.05, 0.1) is 17.9 Å². The number of anilines is 1. The first-order chi connectivity index (χ1) is 9.49. The molecule has 0 bridgehead atoms. The molecule has 1 fully saturated rings. The summed E-state index contributed by atoms with van der Waals surface area (Å²) in [5, 5.41) is 3.04. The zero-order valence-electron chi connectivity index (χ0n) is 12.9. The van der Waals surface area contributed by atoms with Crippen LogP contribution in [0.3, 0.4) is 0 Å². The maximum Gasteiger partial charge on any atom is 0.414 e. The highest BCUT2D eigenvalue weighted by atomic mass is 16.6. The van der Waals surface area contributed by atoms with Gasteiger partial charge in [0.15, 0.2) is 0 Å². The van der Waals surface area contributed by atoms with Crippen molar-refractivity contribution >= 4 is 11.8 Å². The van der Waals surface area contributed by atoms with Crippen molar-refractivity contribution in [3.05, 3.63) is 22.5 Å². The van der Waals surface area contributed by atoms with Crippen molar-refractivity contribution in [2.45, 2.75) is 40.2 Å². The second-order valence-corrected chi connectivity index (χ2v) is 5.27. The highest BCUT2D eigenvalue weighted by Gasteiger charge is 2.34. The van der Waals surface area contributed by atoms with Crippen LogP contribution in [0, 0.1) is 20.8 Å². The number of aryl methyl sites for hydroxylation is 2. The number of cyclic esters (lactones) is 1. The summed E-state index contributed by atoms with van der Waals surface area (Å²) >= 11 is 0. The van der Waals surface area contributed by atoms with E-state index in [0.717, 1.165) is 34.6 Å². The average Bonchev–Trinajstić information content (AvgIpc) is 2.75. The Morgan fingerprint density at radius 1 is 1.35 bits per heavy atom. The Bertz CT molecular complexity index is 528. The second-order valence-electron chi connectivity index (χ2n) is 5.27. The lowest BCUT2D eigenvalue weighted by Gasteiger charge is -2.21. The number of pyridine rings is 1. The topological polar surface area (TPSA) is 54.5 Å². The van der Waals surface area contributed by atoms with Gasteiger partial charge in [-0.05, 0) is 45.4 Å². The van der Waals surface area contributed by atoms with Crippen LogP contribution in [0.5, 0.6) is 0 Å². The molecule has 2 heterocycles. The molecule has 5 heteroatoms. The first-order valence-corrected chi connectivity index (χ1v) is 7.09. The molecule has 1 aromatic heterocycles. The Morgan fingerprint density at radius 2 is 2.05 bits per heavy atom. The number of hydrogen-bond donors (Lipinski definition) is 1. The van der Waals surface area contributed by atoms with Crippen molar-refractivity contribution in [2.75, 3.05) is 25.0 Å². The van der Waals surface area contributed by atoms with Crippen molar-refractivity contribution < 1.29 is 9.53 Å². The molecule has 0 aromatic carbocycles. The van der Waals surface area contributed by atoms with Gasteiger partial charge in [0.25, 0.3) is 0 Å². The van der Waals surface area contributed by atoms with Crippen LogP contribution in [0.15, 0.2) is 0 Å². The van der Waals surface area contributed by atoms with Crippen LogP contribution in [0.2, 0.25) is 0 Å². The fraction of sp³-hybridized carbons (Fsp3) is 0.600. The fourth-order valence-corrected chi connectivity index (χ4v) is 2.78. The van der Waals surface area contributed by atoms with Gasteiger partial charge in [-0.2, -0.15) is 0 Å². The van der Waals surface area contributed by atoms with Crippen LogP contribution in [0.25, 0.3) is 0 Å². The maximum atomic E-state index is 12.1. The number of carbonyl (C=O) groups is 1. The summed E-state index contributed by atoms with van der Waals surface area (Å²) in [5.74, 6) is 0. The third kappa shape index (κ3) is 2.50. The Labute approximate surface area is 120 Å². The third-order valence-corrected chi connectivity index (χ3v) is 3.91. The van der Waals surface area contributed by atoms with Gasteiger partial charge in [0.1, 0.15) is 6.10 Å². The molecule has 0 saturated carbocycles. The summed E-state index contributed by atoms with van der Waals surface area (Å²) in [6.07, 6.45) is 0.528. The zero-order chi connectivity index (χ0) is 14.9. The molecule has 1 unspecified atom stereocenters. The molecule has 1 aromatic rings. The highest BCUT2D eigenvalue weighted by Crippen LogP contribution is 2.31. The molecule has 1 aliphatic heterocycles. The molecule has 0 radical (unpaired) electrons. The lowest BCUT2D eigenvalue weighted by atomic mass is 10.0. The van der Waals surface area contributed by atoms with E-state index in [1.807, 2.05) is 14.0 Å². The minimum Gasteiger partial charge on any atom is -0.443 e. The van der Waals surface area contributed by atoms with E-state index in [-0.39, 0.29) is 12.2 Å². The average molecular weight is 277 g/mol. The third-order valence-electron chi connectivity index (χ3n) is 3.91. The molecule has 0 aliphatic carbocycles. The minimum atomic E-state index is -0.276. The van der Waals surface area contributed by atoms with Crippen LogP contribution in [-0.2, 0) is 11.2 Å². The Kier molecular flexibility index (Phi) is 4.28. The summed E-state index contributed by atoms with van der Waals surface area (Å²) in [7, 11) is 1.86. The second kappa shape index (κ2) is 5.79. The summed E-state index contributed by atoms with van der Waals surface area (Å²) in [6, 6.07) is 0. The molecule has 0 spiro atoms. The summed E-state index contributed by atoms with van der Waals surface area (Å²) in [6.45, 7) is 9.42. The number of hydrogen-bond acceptors (Lipinski definition) is 4. The van der Waals surface area contributed by atoms with E-state index in [9.17, 15) is 4.79 Å². The molecule has 1 amide bonds. The molecule has 5 nitrogen and oxygen atoms in total. The van der Waals surface area contributed by atoms with E-state index in [0.29, 0.717) is 13.1 Å². The van der Waals surface area contributed by atoms with Crippen LogP contribution < -0.4 is 10.2 Å². The van der Waals surface area contributed by atoms with Gasteiger partial charge in [0, 0.05) is 12.2 Å². The number of nitrogens with one attached hydrogen (secondary N) is 1. The lowest BCUT2D eigenvalue weighted by Crippen LogP contribution is -2.30. The molecular weight excluding hydrogens is 254 g/mol. The van der Waals surface area contributed by atoms with Gasteiger partial charge in [-0.3, -0.25) is 9.88 Å². The number of amides is 1. The highest BCUT2D eigenvalue weighted by molar-refractivity contribution is 5.91. The molecule has 1 atom stereocenters. The van der Waals surface area contributed by atoms with Gasteiger partial charge in [0.2, 0.25) is 0 Å². The van der Waals surface area contributed by atoms with Crippen molar-refractivity contribution in [2.24, 2.45) is 0 Å². The quantitative estimate of drug-likeness (QED) is 0.916.